The van der Waals surface area contributed by atoms with Crippen LogP contribution < -0.4 is 5.32 Å². The van der Waals surface area contributed by atoms with Crippen molar-refractivity contribution in [2.45, 2.75) is 45.8 Å². The van der Waals surface area contributed by atoms with E-state index in [0.29, 0.717) is 5.13 Å². The molecule has 3 aromatic rings. The number of hydrogen-bond donors (Lipinski definition) is 1. The molecule has 0 aromatic carbocycles. The minimum atomic E-state index is -0.122. The van der Waals surface area contributed by atoms with E-state index in [-0.39, 0.29) is 11.7 Å². The van der Waals surface area contributed by atoms with Gasteiger partial charge in [-0.3, -0.25) is 10.1 Å². The third-order valence-electron chi connectivity index (χ3n) is 3.91. The van der Waals surface area contributed by atoms with Crippen molar-refractivity contribution in [2.75, 3.05) is 11.1 Å². The van der Waals surface area contributed by atoms with Crippen molar-refractivity contribution in [3.05, 3.63) is 20.8 Å². The summed E-state index contributed by atoms with van der Waals surface area (Å²) in [5.41, 5.74) is 2.34. The number of nitrogens with zero attached hydrogens (tertiary/aromatic N) is 5. The highest BCUT2D eigenvalue weighted by molar-refractivity contribution is 7.99. The molecule has 0 atom stereocenters. The first-order valence-electron chi connectivity index (χ1n) is 8.26. The van der Waals surface area contributed by atoms with Crippen LogP contribution in [0, 0.1) is 13.8 Å². The van der Waals surface area contributed by atoms with E-state index in [1.807, 2.05) is 11.5 Å². The summed E-state index contributed by atoms with van der Waals surface area (Å²) in [7, 11) is 0. The number of carbonyl (C=O) groups excluding carboxylic acids is 1. The molecular weight excluding hydrogens is 388 g/mol. The maximum Gasteiger partial charge on any atom is 0.236 e. The molecular formula is C16H20N6OS3. The number of thiophene rings is 1. The molecule has 3 rings (SSSR count). The van der Waals surface area contributed by atoms with Gasteiger partial charge in [0.25, 0.3) is 0 Å². The lowest BCUT2D eigenvalue weighted by Crippen LogP contribution is -2.14. The van der Waals surface area contributed by atoms with Crippen LogP contribution in [0.5, 0.6) is 0 Å². The summed E-state index contributed by atoms with van der Waals surface area (Å²) >= 11 is 4.49. The summed E-state index contributed by atoms with van der Waals surface area (Å²) in [4.78, 5) is 13.4. The van der Waals surface area contributed by atoms with E-state index in [2.05, 4.69) is 51.9 Å². The summed E-state index contributed by atoms with van der Waals surface area (Å²) in [5.74, 6) is 0.985. The Morgan fingerprint density at radius 1 is 1.23 bits per heavy atom. The quantitative estimate of drug-likeness (QED) is 0.599. The molecule has 0 saturated heterocycles. The maximum atomic E-state index is 12.2. The molecule has 0 unspecified atom stereocenters. The fourth-order valence-corrected chi connectivity index (χ4v) is 4.71. The molecule has 3 aromatic heterocycles. The molecule has 10 heteroatoms. The molecule has 0 fully saturated rings. The molecule has 3 heterocycles. The lowest BCUT2D eigenvalue weighted by molar-refractivity contribution is -0.113. The predicted octanol–water partition coefficient (Wildman–Crippen LogP) is 3.79. The van der Waals surface area contributed by atoms with Crippen LogP contribution in [0.2, 0.25) is 0 Å². The van der Waals surface area contributed by atoms with Crippen molar-refractivity contribution in [1.82, 2.24) is 25.0 Å². The molecule has 0 aliphatic carbocycles. The number of thioether (sulfide) groups is 1. The summed E-state index contributed by atoms with van der Waals surface area (Å²) < 4.78 is 2.05. The molecule has 0 aliphatic heterocycles. The number of carbonyl (C=O) groups is 1. The molecule has 0 saturated carbocycles. The van der Waals surface area contributed by atoms with Gasteiger partial charge in [-0.1, -0.05) is 30.0 Å². The second kappa shape index (κ2) is 8.28. The van der Waals surface area contributed by atoms with Gasteiger partial charge in [0, 0.05) is 22.4 Å². The van der Waals surface area contributed by atoms with E-state index < -0.39 is 0 Å². The monoisotopic (exact) mass is 408 g/mol. The zero-order valence-electron chi connectivity index (χ0n) is 15.1. The summed E-state index contributed by atoms with van der Waals surface area (Å²) in [6.45, 7) is 9.01. The third-order valence-corrected chi connectivity index (χ3v) is 6.87. The van der Waals surface area contributed by atoms with E-state index >= 15 is 0 Å². The number of aromatic nitrogens is 5. The molecule has 0 spiro atoms. The molecule has 1 amide bonds. The van der Waals surface area contributed by atoms with Crippen molar-refractivity contribution < 1.29 is 4.79 Å². The zero-order valence-corrected chi connectivity index (χ0v) is 17.5. The zero-order chi connectivity index (χ0) is 18.7. The first-order valence-corrected chi connectivity index (χ1v) is 10.9. The van der Waals surface area contributed by atoms with Crippen LogP contribution in [0.1, 0.15) is 29.3 Å². The van der Waals surface area contributed by atoms with Crippen molar-refractivity contribution in [1.29, 1.82) is 0 Å². The van der Waals surface area contributed by atoms with E-state index in [1.165, 1.54) is 33.5 Å². The molecule has 0 radical (unpaired) electrons. The average Bonchev–Trinajstić information content (AvgIpc) is 3.33. The second-order valence-electron chi connectivity index (χ2n) is 5.57. The fourth-order valence-electron chi connectivity index (χ4n) is 2.35. The standard InChI is InChI=1S/C16H20N6OS3/c1-5-13-18-20-15(26-13)17-12(23)8-25-16-21-19-14(22(16)6-2)11-7-24-10(4)9(11)3/h7H,5-6,8H2,1-4H3,(H,17,20,23). The van der Waals surface area contributed by atoms with Gasteiger partial charge in [0.2, 0.25) is 11.0 Å². The van der Waals surface area contributed by atoms with Gasteiger partial charge in [0.15, 0.2) is 11.0 Å². The Hall–Kier alpha value is -1.78. The Bertz CT molecular complexity index is 913. The highest BCUT2D eigenvalue weighted by Crippen LogP contribution is 2.31. The van der Waals surface area contributed by atoms with E-state index in [0.717, 1.165) is 34.5 Å². The van der Waals surface area contributed by atoms with Crippen molar-refractivity contribution in [3.8, 4) is 11.4 Å². The van der Waals surface area contributed by atoms with Crippen LogP contribution >= 0.6 is 34.4 Å². The Labute approximate surface area is 164 Å². The van der Waals surface area contributed by atoms with Crippen LogP contribution in [0.25, 0.3) is 11.4 Å². The van der Waals surface area contributed by atoms with Gasteiger partial charge in [-0.15, -0.1) is 31.7 Å². The van der Waals surface area contributed by atoms with Crippen LogP contribution in [-0.4, -0.2) is 36.6 Å². The topological polar surface area (TPSA) is 85.6 Å². The smallest absolute Gasteiger partial charge is 0.236 e. The number of rotatable bonds is 7. The number of nitrogens with one attached hydrogen (secondary N) is 1. The average molecular weight is 409 g/mol. The number of amides is 1. The van der Waals surface area contributed by atoms with Crippen LogP contribution in [-0.2, 0) is 17.8 Å². The highest BCUT2D eigenvalue weighted by Gasteiger charge is 2.18. The minimum Gasteiger partial charge on any atom is -0.302 e. The summed E-state index contributed by atoms with van der Waals surface area (Å²) in [5, 5.41) is 23.7. The SMILES string of the molecule is CCc1nnc(NC(=O)CSc2nnc(-c3csc(C)c3C)n2CC)s1. The van der Waals surface area contributed by atoms with Crippen LogP contribution in [0.3, 0.4) is 0 Å². The van der Waals surface area contributed by atoms with Gasteiger partial charge in [0.1, 0.15) is 5.01 Å². The highest BCUT2D eigenvalue weighted by atomic mass is 32.2. The van der Waals surface area contributed by atoms with E-state index in [4.69, 9.17) is 0 Å². The second-order valence-corrected chi connectivity index (χ2v) is 8.66. The number of anilines is 1. The largest absolute Gasteiger partial charge is 0.302 e. The predicted molar refractivity (Wildman–Crippen MR) is 107 cm³/mol. The van der Waals surface area contributed by atoms with Crippen LogP contribution in [0.4, 0.5) is 5.13 Å². The van der Waals surface area contributed by atoms with Gasteiger partial charge in [-0.05, 0) is 32.8 Å². The van der Waals surface area contributed by atoms with Crippen LogP contribution in [0.15, 0.2) is 10.5 Å². The molecule has 7 nitrogen and oxygen atoms in total. The van der Waals surface area contributed by atoms with Gasteiger partial charge in [-0.25, -0.2) is 0 Å². The Kier molecular flexibility index (Phi) is 6.05. The van der Waals surface area contributed by atoms with Gasteiger partial charge in [0.05, 0.1) is 5.75 Å². The Morgan fingerprint density at radius 3 is 2.65 bits per heavy atom. The van der Waals surface area contributed by atoms with Crippen molar-refractivity contribution in [2.24, 2.45) is 0 Å². The molecule has 0 aliphatic rings. The maximum absolute atomic E-state index is 12.2. The van der Waals surface area contributed by atoms with Crippen molar-refractivity contribution in [3.63, 3.8) is 0 Å². The third kappa shape index (κ3) is 3.97. The molecule has 26 heavy (non-hydrogen) atoms. The van der Waals surface area contributed by atoms with Gasteiger partial charge in [-0.2, -0.15) is 0 Å². The van der Waals surface area contributed by atoms with E-state index in [9.17, 15) is 4.79 Å². The summed E-state index contributed by atoms with van der Waals surface area (Å²) in [6, 6.07) is 0. The molecule has 0 bridgehead atoms. The first kappa shape index (κ1) is 19.0. The molecule has 138 valence electrons. The first-order chi connectivity index (χ1) is 12.5. The van der Waals surface area contributed by atoms with Crippen molar-refractivity contribution >= 4 is 45.5 Å². The minimum absolute atomic E-state index is 0.122. The van der Waals surface area contributed by atoms with E-state index in [1.54, 1.807) is 11.3 Å². The lowest BCUT2D eigenvalue weighted by atomic mass is 10.1. The Morgan fingerprint density at radius 2 is 2.04 bits per heavy atom. The number of hydrogen-bond acceptors (Lipinski definition) is 8. The van der Waals surface area contributed by atoms with Gasteiger partial charge < -0.3 is 4.57 Å². The lowest BCUT2D eigenvalue weighted by Gasteiger charge is -2.07. The normalized spacial score (nSPS) is 11.1. The van der Waals surface area contributed by atoms with Gasteiger partial charge >= 0.3 is 0 Å². The summed E-state index contributed by atoms with van der Waals surface area (Å²) in [6.07, 6.45) is 0.812. The molecule has 1 N–H and O–H groups in total. The number of aryl methyl sites for hydroxylation is 2. The fraction of sp³-hybridized carbons (Fsp3) is 0.438. The Balaban J connectivity index is 1.68.